The van der Waals surface area contributed by atoms with Gasteiger partial charge in [-0.3, -0.25) is 0 Å². The number of anilines is 1. The van der Waals surface area contributed by atoms with Crippen LogP contribution in [-0.4, -0.2) is 21.1 Å². The Morgan fingerprint density at radius 3 is 3.13 bits per heavy atom. The molecule has 0 atom stereocenters. The van der Waals surface area contributed by atoms with Crippen molar-refractivity contribution in [2.45, 2.75) is 19.8 Å². The second kappa shape index (κ2) is 2.95. The second-order valence-electron chi connectivity index (χ2n) is 4.60. The first-order valence-corrected chi connectivity index (χ1v) is 5.29. The summed E-state index contributed by atoms with van der Waals surface area (Å²) in [6.07, 6.45) is 8.07. The second-order valence-corrected chi connectivity index (χ2v) is 4.60. The van der Waals surface area contributed by atoms with Crippen molar-refractivity contribution < 1.29 is 0 Å². The minimum absolute atomic E-state index is 0.495. The number of hydrogen-bond donors (Lipinski definition) is 1. The molecule has 0 unspecified atom stereocenters. The van der Waals surface area contributed by atoms with Crippen LogP contribution in [0.4, 0.5) is 5.82 Å². The molecule has 15 heavy (non-hydrogen) atoms. The zero-order chi connectivity index (χ0) is 10.3. The molecule has 1 fully saturated rings. The Morgan fingerprint density at radius 1 is 1.47 bits per heavy atom. The summed E-state index contributed by atoms with van der Waals surface area (Å²) in [5, 5.41) is 7.58. The van der Waals surface area contributed by atoms with Gasteiger partial charge in [-0.15, -0.1) is 0 Å². The van der Waals surface area contributed by atoms with Crippen LogP contribution in [0.15, 0.2) is 24.7 Å². The monoisotopic (exact) mass is 202 g/mol. The lowest BCUT2D eigenvalue weighted by atomic mass is 10.1. The number of hydrogen-bond acceptors (Lipinski definition) is 3. The van der Waals surface area contributed by atoms with Gasteiger partial charge in [0, 0.05) is 18.9 Å². The van der Waals surface area contributed by atoms with Crippen molar-refractivity contribution in [1.82, 2.24) is 14.6 Å². The van der Waals surface area contributed by atoms with Gasteiger partial charge in [0.15, 0.2) is 5.82 Å². The zero-order valence-electron chi connectivity index (χ0n) is 8.77. The van der Waals surface area contributed by atoms with Crippen LogP contribution in [-0.2, 0) is 0 Å². The first-order valence-electron chi connectivity index (χ1n) is 5.29. The summed E-state index contributed by atoms with van der Waals surface area (Å²) >= 11 is 0. The molecular weight excluding hydrogens is 188 g/mol. The average Bonchev–Trinajstić information content (AvgIpc) is 2.80. The van der Waals surface area contributed by atoms with Crippen LogP contribution in [0.5, 0.6) is 0 Å². The van der Waals surface area contributed by atoms with Crippen LogP contribution in [0.1, 0.15) is 19.8 Å². The number of nitrogens with one attached hydrogen (secondary N) is 1. The van der Waals surface area contributed by atoms with E-state index >= 15 is 0 Å². The summed E-state index contributed by atoms with van der Waals surface area (Å²) in [5.41, 5.74) is 1.54. The lowest BCUT2D eigenvalue weighted by molar-refractivity contribution is 0.609. The molecule has 1 aliphatic carbocycles. The highest BCUT2D eigenvalue weighted by Gasteiger charge is 2.36. The molecule has 0 saturated heterocycles. The third-order valence-corrected chi connectivity index (χ3v) is 3.11. The number of nitrogens with zero attached hydrogens (tertiary/aromatic N) is 3. The Hall–Kier alpha value is -1.58. The third kappa shape index (κ3) is 1.56. The smallest absolute Gasteiger partial charge is 0.152 e. The van der Waals surface area contributed by atoms with Crippen LogP contribution < -0.4 is 5.32 Å². The van der Waals surface area contributed by atoms with Gasteiger partial charge in [0.25, 0.3) is 0 Å². The highest BCUT2D eigenvalue weighted by Crippen LogP contribution is 2.44. The number of rotatable bonds is 3. The van der Waals surface area contributed by atoms with E-state index in [1.165, 1.54) is 12.8 Å². The molecule has 0 amide bonds. The highest BCUT2D eigenvalue weighted by atomic mass is 15.2. The molecule has 3 rings (SSSR count). The van der Waals surface area contributed by atoms with Crippen LogP contribution in [0.2, 0.25) is 0 Å². The molecule has 2 heterocycles. The summed E-state index contributed by atoms with van der Waals surface area (Å²) in [7, 11) is 0. The van der Waals surface area contributed by atoms with E-state index in [-0.39, 0.29) is 0 Å². The zero-order valence-corrected chi connectivity index (χ0v) is 8.77. The van der Waals surface area contributed by atoms with Crippen molar-refractivity contribution in [2.75, 3.05) is 11.9 Å². The molecule has 78 valence electrons. The van der Waals surface area contributed by atoms with E-state index in [9.17, 15) is 0 Å². The van der Waals surface area contributed by atoms with Gasteiger partial charge in [-0.05, 0) is 24.3 Å². The molecule has 1 saturated carbocycles. The molecule has 0 radical (unpaired) electrons. The lowest BCUT2D eigenvalue weighted by Crippen LogP contribution is -2.13. The Morgan fingerprint density at radius 2 is 2.33 bits per heavy atom. The van der Waals surface area contributed by atoms with Crippen molar-refractivity contribution in [3.8, 4) is 0 Å². The van der Waals surface area contributed by atoms with Gasteiger partial charge in [0.2, 0.25) is 0 Å². The normalized spacial score (nSPS) is 17.9. The molecule has 0 aliphatic heterocycles. The minimum atomic E-state index is 0.495. The Balaban J connectivity index is 1.86. The minimum Gasteiger partial charge on any atom is -0.368 e. The number of fused-ring (bicyclic) bond motifs is 1. The van der Waals surface area contributed by atoms with Gasteiger partial charge in [-0.1, -0.05) is 6.92 Å². The molecule has 0 spiro atoms. The van der Waals surface area contributed by atoms with Crippen LogP contribution in [0.25, 0.3) is 5.52 Å². The first-order chi connectivity index (χ1) is 7.27. The molecule has 2 aromatic rings. The van der Waals surface area contributed by atoms with E-state index < -0.39 is 0 Å². The highest BCUT2D eigenvalue weighted by molar-refractivity contribution is 5.66. The number of aromatic nitrogens is 3. The summed E-state index contributed by atoms with van der Waals surface area (Å²) in [6.45, 7) is 3.31. The maximum Gasteiger partial charge on any atom is 0.152 e. The lowest BCUT2D eigenvalue weighted by Gasteiger charge is -2.11. The molecule has 0 bridgehead atoms. The summed E-state index contributed by atoms with van der Waals surface area (Å²) in [4.78, 5) is 4.34. The predicted molar refractivity (Wildman–Crippen MR) is 58.8 cm³/mol. The predicted octanol–water partition coefficient (Wildman–Crippen LogP) is 1.94. The van der Waals surface area contributed by atoms with Crippen LogP contribution >= 0.6 is 0 Å². The van der Waals surface area contributed by atoms with E-state index in [0.717, 1.165) is 17.9 Å². The van der Waals surface area contributed by atoms with Crippen LogP contribution in [0, 0.1) is 5.41 Å². The molecule has 1 N–H and O–H groups in total. The summed E-state index contributed by atoms with van der Waals surface area (Å²) in [5.74, 6) is 0.933. The van der Waals surface area contributed by atoms with Gasteiger partial charge >= 0.3 is 0 Å². The van der Waals surface area contributed by atoms with Gasteiger partial charge < -0.3 is 5.32 Å². The standard InChI is InChI=1S/C11H14N4/c1-11(3-4-11)8-13-10-9-2-5-14-15(9)7-6-12-10/h2,5-7H,3-4,8H2,1H3,(H,12,13). The van der Waals surface area contributed by atoms with E-state index in [0.29, 0.717) is 5.41 Å². The molecule has 0 aromatic carbocycles. The van der Waals surface area contributed by atoms with Gasteiger partial charge in [0.05, 0.1) is 6.20 Å². The van der Waals surface area contributed by atoms with E-state index in [2.05, 4.69) is 22.3 Å². The largest absolute Gasteiger partial charge is 0.368 e. The van der Waals surface area contributed by atoms with Crippen molar-refractivity contribution in [3.63, 3.8) is 0 Å². The van der Waals surface area contributed by atoms with Crippen molar-refractivity contribution in [3.05, 3.63) is 24.7 Å². The SMILES string of the molecule is CC1(CNc2nccn3nccc23)CC1. The van der Waals surface area contributed by atoms with Gasteiger partial charge in [-0.25, -0.2) is 9.50 Å². The maximum absolute atomic E-state index is 4.34. The quantitative estimate of drug-likeness (QED) is 0.827. The fourth-order valence-corrected chi connectivity index (χ4v) is 1.68. The molecular formula is C11H14N4. The van der Waals surface area contributed by atoms with Crippen LogP contribution in [0.3, 0.4) is 0 Å². The van der Waals surface area contributed by atoms with Crippen molar-refractivity contribution in [2.24, 2.45) is 5.41 Å². The fraction of sp³-hybridized carbons (Fsp3) is 0.455. The maximum atomic E-state index is 4.34. The first kappa shape index (κ1) is 8.71. The Bertz CT molecular complexity index is 484. The topological polar surface area (TPSA) is 42.2 Å². The third-order valence-electron chi connectivity index (χ3n) is 3.11. The van der Waals surface area contributed by atoms with Crippen molar-refractivity contribution >= 4 is 11.3 Å². The van der Waals surface area contributed by atoms with Crippen molar-refractivity contribution in [1.29, 1.82) is 0 Å². The summed E-state index contributed by atoms with van der Waals surface area (Å²) < 4.78 is 1.84. The van der Waals surface area contributed by atoms with E-state index in [4.69, 9.17) is 0 Å². The van der Waals surface area contributed by atoms with E-state index in [1.54, 1.807) is 12.4 Å². The average molecular weight is 202 g/mol. The molecule has 2 aromatic heterocycles. The molecule has 1 aliphatic rings. The Labute approximate surface area is 88.3 Å². The molecule has 4 heteroatoms. The fourth-order valence-electron chi connectivity index (χ4n) is 1.68. The van der Waals surface area contributed by atoms with Gasteiger partial charge in [0.1, 0.15) is 5.52 Å². The molecule has 4 nitrogen and oxygen atoms in total. The Kier molecular flexibility index (Phi) is 1.71. The summed E-state index contributed by atoms with van der Waals surface area (Å²) in [6, 6.07) is 1.98. The van der Waals surface area contributed by atoms with E-state index in [1.807, 2.05) is 16.8 Å². The van der Waals surface area contributed by atoms with Gasteiger partial charge in [-0.2, -0.15) is 5.10 Å².